The van der Waals surface area contributed by atoms with E-state index in [0.717, 1.165) is 40.5 Å². The van der Waals surface area contributed by atoms with Crippen molar-refractivity contribution in [2.75, 3.05) is 12.3 Å². The third kappa shape index (κ3) is 2.80. The molecule has 3 aromatic carbocycles. The molecule has 0 bridgehead atoms. The molecule has 0 amide bonds. The number of thioether (sulfide) groups is 1. The van der Waals surface area contributed by atoms with Crippen LogP contribution in [-0.4, -0.2) is 25.0 Å². The van der Waals surface area contributed by atoms with Crippen LogP contribution in [0.3, 0.4) is 0 Å². The largest absolute Gasteiger partial charge is 0.244 e. The van der Waals surface area contributed by atoms with E-state index in [1.165, 1.54) is 5.56 Å². The fraction of sp³-hybridized carbons (Fsp3) is 0.238. The van der Waals surface area contributed by atoms with E-state index in [1.54, 1.807) is 22.1 Å². The summed E-state index contributed by atoms with van der Waals surface area (Å²) in [6.07, 6.45) is 1.70. The first-order valence-electron chi connectivity index (χ1n) is 8.98. The zero-order chi connectivity index (χ0) is 18.6. The van der Waals surface area contributed by atoms with Crippen molar-refractivity contribution in [3.05, 3.63) is 76.3 Å². The van der Waals surface area contributed by atoms with Crippen molar-refractivity contribution in [2.24, 2.45) is 0 Å². The number of rotatable bonds is 3. The van der Waals surface area contributed by atoms with Crippen molar-refractivity contribution in [1.82, 2.24) is 4.31 Å². The normalized spacial score (nSPS) is 19.8. The average Bonchev–Trinajstić information content (AvgIpc) is 3.32. The summed E-state index contributed by atoms with van der Waals surface area (Å²) in [4.78, 5) is 0.474. The molecule has 1 fully saturated rings. The minimum absolute atomic E-state index is 0.202. The number of hydrogen-bond donors (Lipinski definition) is 0. The second kappa shape index (κ2) is 6.52. The topological polar surface area (TPSA) is 37.4 Å². The van der Waals surface area contributed by atoms with Crippen molar-refractivity contribution in [1.29, 1.82) is 0 Å². The lowest BCUT2D eigenvalue weighted by molar-refractivity contribution is 0.434. The van der Waals surface area contributed by atoms with Crippen LogP contribution in [0.2, 0.25) is 5.02 Å². The Balaban J connectivity index is 1.61. The number of nitrogens with zero attached hydrogens (tertiary/aromatic N) is 1. The number of benzene rings is 3. The Kier molecular flexibility index (Phi) is 4.24. The predicted molar refractivity (Wildman–Crippen MR) is 112 cm³/mol. The molecule has 0 aromatic heterocycles. The molecule has 0 spiro atoms. The second-order valence-corrected chi connectivity index (χ2v) is 10.4. The second-order valence-electron chi connectivity index (χ2n) is 6.95. The maximum absolute atomic E-state index is 13.6. The molecule has 5 rings (SSSR count). The predicted octanol–water partition coefficient (Wildman–Crippen LogP) is 5.03. The van der Waals surface area contributed by atoms with Gasteiger partial charge in [-0.3, -0.25) is 0 Å². The van der Waals surface area contributed by atoms with Gasteiger partial charge in [0.05, 0.1) is 10.3 Å². The quantitative estimate of drug-likeness (QED) is 0.602. The van der Waals surface area contributed by atoms with Crippen LogP contribution < -0.4 is 0 Å². The van der Waals surface area contributed by atoms with Gasteiger partial charge in [-0.1, -0.05) is 48.0 Å². The molecule has 3 nitrogen and oxygen atoms in total. The van der Waals surface area contributed by atoms with Gasteiger partial charge in [-0.15, -0.1) is 11.8 Å². The van der Waals surface area contributed by atoms with Gasteiger partial charge in [0.2, 0.25) is 10.0 Å². The Morgan fingerprint density at radius 2 is 1.81 bits per heavy atom. The summed E-state index contributed by atoms with van der Waals surface area (Å²) >= 11 is 7.67. The third-order valence-corrected chi connectivity index (χ3v) is 9.03. The van der Waals surface area contributed by atoms with Gasteiger partial charge in [0, 0.05) is 17.3 Å². The Morgan fingerprint density at radius 3 is 2.63 bits per heavy atom. The molecule has 1 heterocycles. The first-order chi connectivity index (χ1) is 13.1. The van der Waals surface area contributed by atoms with Gasteiger partial charge in [0.15, 0.2) is 0 Å². The summed E-state index contributed by atoms with van der Waals surface area (Å²) in [5, 5.41) is 2.72. The van der Waals surface area contributed by atoms with E-state index < -0.39 is 10.0 Å². The number of hydrogen-bond acceptors (Lipinski definition) is 3. The van der Waals surface area contributed by atoms with Crippen LogP contribution in [0.15, 0.2) is 59.5 Å². The summed E-state index contributed by atoms with van der Waals surface area (Å²) < 4.78 is 28.9. The van der Waals surface area contributed by atoms with Gasteiger partial charge in [0.1, 0.15) is 0 Å². The molecule has 138 valence electrons. The maximum Gasteiger partial charge on any atom is 0.244 e. The van der Waals surface area contributed by atoms with Crippen LogP contribution >= 0.6 is 23.4 Å². The van der Waals surface area contributed by atoms with Gasteiger partial charge < -0.3 is 0 Å². The Labute approximate surface area is 168 Å². The van der Waals surface area contributed by atoms with Gasteiger partial charge >= 0.3 is 0 Å². The molecule has 6 heteroatoms. The van der Waals surface area contributed by atoms with Gasteiger partial charge in [-0.2, -0.15) is 4.31 Å². The first kappa shape index (κ1) is 17.6. The van der Waals surface area contributed by atoms with Crippen LogP contribution in [0.25, 0.3) is 10.8 Å². The van der Waals surface area contributed by atoms with E-state index in [4.69, 9.17) is 11.6 Å². The molecule has 0 unspecified atom stereocenters. The van der Waals surface area contributed by atoms with E-state index in [-0.39, 0.29) is 5.37 Å². The number of halogens is 1. The van der Waals surface area contributed by atoms with Crippen LogP contribution in [0.5, 0.6) is 0 Å². The van der Waals surface area contributed by atoms with E-state index >= 15 is 0 Å². The molecule has 0 saturated carbocycles. The molecule has 2 aliphatic rings. The highest BCUT2D eigenvalue weighted by Gasteiger charge is 2.38. The lowest BCUT2D eigenvalue weighted by atomic mass is 10.1. The molecule has 3 aromatic rings. The fourth-order valence-electron chi connectivity index (χ4n) is 4.19. The molecule has 1 aliphatic carbocycles. The van der Waals surface area contributed by atoms with Crippen LogP contribution in [0.1, 0.15) is 22.1 Å². The minimum Gasteiger partial charge on any atom is -0.207 e. The standard InChI is InChI=1S/C21H18ClNO2S2/c22-17-8-4-16(5-9-17)21-23(12-13-26-21)27(24,25)19-11-7-15-3-1-2-14-6-10-18(19)20(14)15/h1-5,7-9,11,21H,6,10,12-13H2/t21-/m1/s1. The highest BCUT2D eigenvalue weighted by atomic mass is 35.5. The first-order valence-corrected chi connectivity index (χ1v) is 11.8. The SMILES string of the molecule is O=S(=O)(c1ccc2cccc3c2c1CC3)N1CCS[C@@H]1c1ccc(Cl)cc1. The lowest BCUT2D eigenvalue weighted by Crippen LogP contribution is -2.31. The molecule has 27 heavy (non-hydrogen) atoms. The Bertz CT molecular complexity index is 1140. The smallest absolute Gasteiger partial charge is 0.207 e. The fourth-order valence-corrected chi connectivity index (χ4v) is 7.82. The van der Waals surface area contributed by atoms with E-state index in [0.29, 0.717) is 16.5 Å². The van der Waals surface area contributed by atoms with E-state index in [1.807, 2.05) is 30.3 Å². The minimum atomic E-state index is -3.57. The Hall–Kier alpha value is -1.53. The van der Waals surface area contributed by atoms with Gasteiger partial charge in [-0.05, 0) is 58.5 Å². The van der Waals surface area contributed by atoms with Gasteiger partial charge in [-0.25, -0.2) is 8.42 Å². The average molecular weight is 416 g/mol. The maximum atomic E-state index is 13.6. The summed E-state index contributed by atoms with van der Waals surface area (Å²) in [7, 11) is -3.57. The lowest BCUT2D eigenvalue weighted by Gasteiger charge is -2.24. The summed E-state index contributed by atoms with van der Waals surface area (Å²) in [5.74, 6) is 0.792. The summed E-state index contributed by atoms with van der Waals surface area (Å²) in [6.45, 7) is 0.527. The van der Waals surface area contributed by atoms with Crippen LogP contribution in [-0.2, 0) is 22.9 Å². The van der Waals surface area contributed by atoms with Crippen molar-refractivity contribution in [2.45, 2.75) is 23.1 Å². The Morgan fingerprint density at radius 1 is 1.00 bits per heavy atom. The van der Waals surface area contributed by atoms with Crippen molar-refractivity contribution < 1.29 is 8.42 Å². The third-order valence-electron chi connectivity index (χ3n) is 5.43. The molecule has 1 atom stereocenters. The zero-order valence-corrected chi connectivity index (χ0v) is 16.9. The van der Waals surface area contributed by atoms with E-state index in [2.05, 4.69) is 18.2 Å². The van der Waals surface area contributed by atoms with Crippen LogP contribution in [0.4, 0.5) is 0 Å². The molecule has 0 radical (unpaired) electrons. The van der Waals surface area contributed by atoms with E-state index in [9.17, 15) is 8.42 Å². The number of sulfonamides is 1. The summed E-state index contributed by atoms with van der Waals surface area (Å²) in [6, 6.07) is 17.4. The van der Waals surface area contributed by atoms with Crippen LogP contribution in [0, 0.1) is 0 Å². The summed E-state index contributed by atoms with van der Waals surface area (Å²) in [5.41, 5.74) is 3.21. The van der Waals surface area contributed by atoms with Crippen molar-refractivity contribution >= 4 is 44.2 Å². The molecular formula is C21H18ClNO2S2. The molecule has 0 N–H and O–H groups in total. The van der Waals surface area contributed by atoms with Crippen molar-refractivity contribution in [3.8, 4) is 0 Å². The monoisotopic (exact) mass is 415 g/mol. The highest BCUT2D eigenvalue weighted by Crippen LogP contribution is 2.44. The molecular weight excluding hydrogens is 398 g/mol. The molecule has 1 aliphatic heterocycles. The van der Waals surface area contributed by atoms with Crippen molar-refractivity contribution in [3.63, 3.8) is 0 Å². The highest BCUT2D eigenvalue weighted by molar-refractivity contribution is 8.01. The zero-order valence-electron chi connectivity index (χ0n) is 14.6. The molecule has 1 saturated heterocycles. The number of aryl methyl sites for hydroxylation is 2. The van der Waals surface area contributed by atoms with Gasteiger partial charge in [0.25, 0.3) is 0 Å².